The summed E-state index contributed by atoms with van der Waals surface area (Å²) < 4.78 is 15.0. The average Bonchev–Trinajstić information content (AvgIpc) is 3.15. The third-order valence-electron chi connectivity index (χ3n) is 5.11. The lowest BCUT2D eigenvalue weighted by molar-refractivity contribution is -0.115. The maximum absolute atomic E-state index is 13.1. The third-order valence-corrected chi connectivity index (χ3v) is 6.51. The SMILES string of the molecule is CCC(Sc1nnc(-c2ccc(N(CC)CC)cc2)n1C)C(=O)Nc1ccc(F)cc1. The number of aromatic nitrogens is 3. The van der Waals surface area contributed by atoms with Gasteiger partial charge in [-0.25, -0.2) is 4.39 Å². The molecule has 8 heteroatoms. The van der Waals surface area contributed by atoms with Crippen molar-refractivity contribution >= 4 is 29.0 Å². The summed E-state index contributed by atoms with van der Waals surface area (Å²) in [5.41, 5.74) is 2.72. The molecule has 0 aliphatic heterocycles. The first-order valence-corrected chi connectivity index (χ1v) is 11.3. The highest BCUT2D eigenvalue weighted by Gasteiger charge is 2.22. The second-order valence-electron chi connectivity index (χ2n) is 7.10. The van der Waals surface area contributed by atoms with E-state index < -0.39 is 0 Å². The van der Waals surface area contributed by atoms with Gasteiger partial charge in [-0.15, -0.1) is 10.2 Å². The number of hydrogen-bond donors (Lipinski definition) is 1. The lowest BCUT2D eigenvalue weighted by atomic mass is 10.2. The van der Waals surface area contributed by atoms with Gasteiger partial charge in [0, 0.05) is 37.1 Å². The molecular weight excluding hydrogens is 413 g/mol. The summed E-state index contributed by atoms with van der Waals surface area (Å²) in [6.07, 6.45) is 0.623. The molecule has 0 bridgehead atoms. The van der Waals surface area contributed by atoms with Gasteiger partial charge in [-0.3, -0.25) is 4.79 Å². The Morgan fingerprint density at radius 3 is 2.29 bits per heavy atom. The fourth-order valence-corrected chi connectivity index (χ4v) is 4.20. The van der Waals surface area contributed by atoms with Crippen molar-refractivity contribution in [3.05, 3.63) is 54.3 Å². The van der Waals surface area contributed by atoms with E-state index >= 15 is 0 Å². The van der Waals surface area contributed by atoms with Crippen LogP contribution in [0.2, 0.25) is 0 Å². The molecule has 0 radical (unpaired) electrons. The van der Waals surface area contributed by atoms with Crippen LogP contribution in [0.15, 0.2) is 53.7 Å². The molecule has 1 N–H and O–H groups in total. The molecule has 31 heavy (non-hydrogen) atoms. The highest BCUT2D eigenvalue weighted by molar-refractivity contribution is 8.00. The molecule has 1 unspecified atom stereocenters. The number of thioether (sulfide) groups is 1. The van der Waals surface area contributed by atoms with Crippen molar-refractivity contribution in [3.8, 4) is 11.4 Å². The fourth-order valence-electron chi connectivity index (χ4n) is 3.28. The molecule has 0 fully saturated rings. The molecule has 6 nitrogen and oxygen atoms in total. The van der Waals surface area contributed by atoms with E-state index in [1.54, 1.807) is 12.1 Å². The van der Waals surface area contributed by atoms with Gasteiger partial charge in [0.25, 0.3) is 0 Å². The van der Waals surface area contributed by atoms with E-state index in [4.69, 9.17) is 0 Å². The van der Waals surface area contributed by atoms with Crippen LogP contribution < -0.4 is 10.2 Å². The highest BCUT2D eigenvalue weighted by atomic mass is 32.2. The third kappa shape index (κ3) is 5.44. The van der Waals surface area contributed by atoms with E-state index in [0.717, 1.165) is 24.5 Å². The Labute approximate surface area is 186 Å². The van der Waals surface area contributed by atoms with Crippen LogP contribution in [0.1, 0.15) is 27.2 Å². The number of anilines is 2. The second-order valence-corrected chi connectivity index (χ2v) is 8.27. The zero-order chi connectivity index (χ0) is 22.4. The predicted octanol–water partition coefficient (Wildman–Crippen LogP) is 4.98. The van der Waals surface area contributed by atoms with Crippen LogP contribution in [0.25, 0.3) is 11.4 Å². The van der Waals surface area contributed by atoms with E-state index in [2.05, 4.69) is 46.4 Å². The van der Waals surface area contributed by atoms with Crippen LogP contribution in [-0.2, 0) is 11.8 Å². The number of carbonyl (C=O) groups is 1. The van der Waals surface area contributed by atoms with Crippen molar-refractivity contribution in [2.24, 2.45) is 7.05 Å². The summed E-state index contributed by atoms with van der Waals surface area (Å²) in [6.45, 7) is 8.14. The average molecular weight is 442 g/mol. The molecule has 2 aromatic carbocycles. The summed E-state index contributed by atoms with van der Waals surface area (Å²) in [5, 5.41) is 11.8. The molecule has 0 spiro atoms. The summed E-state index contributed by atoms with van der Waals surface area (Å²) in [4.78, 5) is 15.0. The van der Waals surface area contributed by atoms with Gasteiger partial charge < -0.3 is 14.8 Å². The molecule has 0 aliphatic carbocycles. The number of amides is 1. The number of nitrogens with zero attached hydrogens (tertiary/aromatic N) is 4. The Bertz CT molecular complexity index is 1000. The normalized spacial score (nSPS) is 11.9. The molecule has 164 valence electrons. The van der Waals surface area contributed by atoms with Gasteiger partial charge in [0.05, 0.1) is 5.25 Å². The number of carbonyl (C=O) groups excluding carboxylic acids is 1. The van der Waals surface area contributed by atoms with Crippen molar-refractivity contribution in [2.45, 2.75) is 37.6 Å². The van der Waals surface area contributed by atoms with Crippen LogP contribution in [-0.4, -0.2) is 39.0 Å². The molecule has 0 saturated carbocycles. The van der Waals surface area contributed by atoms with Gasteiger partial charge in [-0.2, -0.15) is 0 Å². The van der Waals surface area contributed by atoms with Gasteiger partial charge >= 0.3 is 0 Å². The lowest BCUT2D eigenvalue weighted by Gasteiger charge is -2.21. The fraction of sp³-hybridized carbons (Fsp3) is 0.348. The number of nitrogens with one attached hydrogen (secondary N) is 1. The van der Waals surface area contributed by atoms with Gasteiger partial charge in [-0.1, -0.05) is 18.7 Å². The Morgan fingerprint density at radius 2 is 1.71 bits per heavy atom. The van der Waals surface area contributed by atoms with Crippen molar-refractivity contribution < 1.29 is 9.18 Å². The maximum atomic E-state index is 13.1. The van der Waals surface area contributed by atoms with E-state index in [-0.39, 0.29) is 17.0 Å². The molecule has 0 saturated heterocycles. The van der Waals surface area contributed by atoms with Crippen molar-refractivity contribution in [1.29, 1.82) is 0 Å². The van der Waals surface area contributed by atoms with Crippen LogP contribution in [0.4, 0.5) is 15.8 Å². The van der Waals surface area contributed by atoms with Gasteiger partial charge in [0.15, 0.2) is 11.0 Å². The minimum Gasteiger partial charge on any atom is -0.372 e. The Hall–Kier alpha value is -2.87. The largest absolute Gasteiger partial charge is 0.372 e. The van der Waals surface area contributed by atoms with Crippen molar-refractivity contribution in [3.63, 3.8) is 0 Å². The second kappa shape index (κ2) is 10.4. The highest BCUT2D eigenvalue weighted by Crippen LogP contribution is 2.29. The molecule has 1 amide bonds. The first-order chi connectivity index (χ1) is 15.0. The molecule has 3 rings (SSSR count). The molecule has 0 aliphatic rings. The molecule has 1 atom stereocenters. The first-order valence-electron chi connectivity index (χ1n) is 10.4. The van der Waals surface area contributed by atoms with Gasteiger partial charge in [0.2, 0.25) is 5.91 Å². The molecule has 1 aromatic heterocycles. The zero-order valence-corrected chi connectivity index (χ0v) is 19.1. The summed E-state index contributed by atoms with van der Waals surface area (Å²) in [7, 11) is 1.90. The lowest BCUT2D eigenvalue weighted by Crippen LogP contribution is -2.25. The summed E-state index contributed by atoms with van der Waals surface area (Å²) >= 11 is 1.37. The Balaban J connectivity index is 1.72. The van der Waals surface area contributed by atoms with Crippen molar-refractivity contribution in [1.82, 2.24) is 14.8 Å². The van der Waals surface area contributed by atoms with E-state index in [0.29, 0.717) is 17.3 Å². The van der Waals surface area contributed by atoms with E-state index in [9.17, 15) is 9.18 Å². The Kier molecular flexibility index (Phi) is 7.68. The molecule has 1 heterocycles. The number of hydrogen-bond acceptors (Lipinski definition) is 5. The predicted molar refractivity (Wildman–Crippen MR) is 125 cm³/mol. The van der Waals surface area contributed by atoms with Crippen LogP contribution in [0.3, 0.4) is 0 Å². The van der Waals surface area contributed by atoms with Crippen molar-refractivity contribution in [2.75, 3.05) is 23.3 Å². The minimum absolute atomic E-state index is 0.146. The van der Waals surface area contributed by atoms with Crippen LogP contribution in [0, 0.1) is 5.82 Å². The summed E-state index contributed by atoms with van der Waals surface area (Å²) in [5.74, 6) is 0.269. The van der Waals surface area contributed by atoms with E-state index in [1.165, 1.54) is 29.6 Å². The van der Waals surface area contributed by atoms with Gasteiger partial charge in [-0.05, 0) is 68.8 Å². The monoisotopic (exact) mass is 441 g/mol. The maximum Gasteiger partial charge on any atom is 0.237 e. The standard InChI is InChI=1S/C23H28FN5OS/c1-5-20(22(30)25-18-12-10-17(24)11-13-18)31-23-27-26-21(28(23)4)16-8-14-19(15-9-16)29(6-2)7-3/h8-15,20H,5-7H2,1-4H3,(H,25,30). The molecule has 3 aromatic rings. The van der Waals surface area contributed by atoms with Crippen LogP contribution in [0.5, 0.6) is 0 Å². The quantitative estimate of drug-likeness (QED) is 0.475. The van der Waals surface area contributed by atoms with Crippen LogP contribution >= 0.6 is 11.8 Å². The topological polar surface area (TPSA) is 63.1 Å². The molecular formula is C23H28FN5OS. The number of rotatable bonds is 9. The first kappa shape index (κ1) is 22.8. The number of halogens is 1. The zero-order valence-electron chi connectivity index (χ0n) is 18.3. The smallest absolute Gasteiger partial charge is 0.237 e. The Morgan fingerprint density at radius 1 is 1.06 bits per heavy atom. The van der Waals surface area contributed by atoms with E-state index in [1.807, 2.05) is 30.7 Å². The number of benzene rings is 2. The van der Waals surface area contributed by atoms with Gasteiger partial charge in [0.1, 0.15) is 5.82 Å². The summed E-state index contributed by atoms with van der Waals surface area (Å²) in [6, 6.07) is 14.0. The minimum atomic E-state index is -0.342.